The highest BCUT2D eigenvalue weighted by atomic mass is 19.3. The summed E-state index contributed by atoms with van der Waals surface area (Å²) in [7, 11) is 1.78. The van der Waals surface area contributed by atoms with Crippen LogP contribution in [0.4, 0.5) is 18.0 Å². The monoisotopic (exact) mass is 472 g/mol. The molecule has 4 aromatic rings. The highest BCUT2D eigenvalue weighted by molar-refractivity contribution is 5.82. The van der Waals surface area contributed by atoms with Gasteiger partial charge in [0.25, 0.3) is 6.43 Å². The highest BCUT2D eigenvalue weighted by Gasteiger charge is 2.25. The summed E-state index contributed by atoms with van der Waals surface area (Å²) in [6, 6.07) is 4.46. The molecule has 1 amide bonds. The summed E-state index contributed by atoms with van der Waals surface area (Å²) in [6.45, 7) is 4.71. The largest absolute Gasteiger partial charge is 0.444 e. The minimum absolute atomic E-state index is 0.0568. The summed E-state index contributed by atoms with van der Waals surface area (Å²) in [5.41, 5.74) is 0.479. The van der Waals surface area contributed by atoms with Crippen molar-refractivity contribution in [1.82, 2.24) is 29.7 Å². The molecule has 8 nitrogen and oxygen atoms in total. The maximum Gasteiger partial charge on any atom is 0.407 e. The van der Waals surface area contributed by atoms with E-state index in [1.54, 1.807) is 51.0 Å². The fourth-order valence-corrected chi connectivity index (χ4v) is 3.55. The van der Waals surface area contributed by atoms with E-state index in [1.165, 1.54) is 23.0 Å². The van der Waals surface area contributed by atoms with Gasteiger partial charge >= 0.3 is 6.09 Å². The third-order valence-corrected chi connectivity index (χ3v) is 5.01. The van der Waals surface area contributed by atoms with Crippen LogP contribution < -0.4 is 5.32 Å². The van der Waals surface area contributed by atoms with E-state index in [4.69, 9.17) is 4.74 Å². The number of halogens is 3. The maximum atomic E-state index is 15.4. The number of aromatic nitrogens is 5. The van der Waals surface area contributed by atoms with Crippen molar-refractivity contribution in [1.29, 1.82) is 0 Å². The first-order chi connectivity index (χ1) is 16.0. The van der Waals surface area contributed by atoms with Crippen molar-refractivity contribution in [3.8, 4) is 22.4 Å². The first kappa shape index (κ1) is 23.3. The molecular formula is C23H23F3N6O2. The minimum atomic E-state index is -3.11. The van der Waals surface area contributed by atoms with Gasteiger partial charge in [0.15, 0.2) is 0 Å². The Kier molecular flexibility index (Phi) is 6.03. The Hall–Kier alpha value is -3.89. The fraction of sp³-hybridized carbons (Fsp3) is 0.304. The SMILES string of the molecule is Cn1cc(-c2cc3c(-c4ccc(CNC(=O)OC(C)(C)C)c(C(F)F)c4F)ncnn3c2)cn1. The van der Waals surface area contributed by atoms with Crippen LogP contribution in [-0.4, -0.2) is 36.1 Å². The van der Waals surface area contributed by atoms with Gasteiger partial charge in [0.1, 0.15) is 23.4 Å². The zero-order valence-corrected chi connectivity index (χ0v) is 19.0. The number of carbonyl (C=O) groups excluding carboxylic acids is 1. The van der Waals surface area contributed by atoms with Crippen molar-refractivity contribution in [3.63, 3.8) is 0 Å². The number of nitrogens with zero attached hydrogens (tertiary/aromatic N) is 5. The lowest BCUT2D eigenvalue weighted by Gasteiger charge is -2.20. The Morgan fingerprint density at radius 1 is 1.18 bits per heavy atom. The molecule has 0 aliphatic carbocycles. The number of ether oxygens (including phenoxy) is 1. The predicted molar refractivity (Wildman–Crippen MR) is 119 cm³/mol. The van der Waals surface area contributed by atoms with Gasteiger partial charge in [-0.3, -0.25) is 4.68 Å². The molecular weight excluding hydrogens is 449 g/mol. The molecule has 0 atom stereocenters. The van der Waals surface area contributed by atoms with Crippen LogP contribution in [-0.2, 0) is 18.3 Å². The van der Waals surface area contributed by atoms with Crippen LogP contribution in [0.5, 0.6) is 0 Å². The van der Waals surface area contributed by atoms with Crippen molar-refractivity contribution in [2.75, 3.05) is 0 Å². The summed E-state index contributed by atoms with van der Waals surface area (Å²) in [6.07, 6.45) is 2.54. The van der Waals surface area contributed by atoms with Crippen LogP contribution in [0.25, 0.3) is 27.9 Å². The van der Waals surface area contributed by atoms with Crippen molar-refractivity contribution in [2.24, 2.45) is 7.05 Å². The molecule has 0 spiro atoms. The number of aryl methyl sites for hydroxylation is 1. The summed E-state index contributed by atoms with van der Waals surface area (Å²) >= 11 is 0. The Morgan fingerprint density at radius 3 is 2.59 bits per heavy atom. The second kappa shape index (κ2) is 8.81. The van der Waals surface area contributed by atoms with Crippen LogP contribution >= 0.6 is 0 Å². The van der Waals surface area contributed by atoms with Crippen LogP contribution in [0.2, 0.25) is 0 Å². The molecule has 0 saturated carbocycles. The molecule has 0 unspecified atom stereocenters. The van der Waals surface area contributed by atoms with Crippen LogP contribution in [0.1, 0.15) is 38.3 Å². The van der Waals surface area contributed by atoms with Gasteiger partial charge in [0.2, 0.25) is 0 Å². The molecule has 1 aromatic carbocycles. The summed E-state index contributed by atoms with van der Waals surface area (Å²) < 4.78 is 51.5. The van der Waals surface area contributed by atoms with Crippen molar-refractivity contribution in [2.45, 2.75) is 39.3 Å². The smallest absolute Gasteiger partial charge is 0.407 e. The van der Waals surface area contributed by atoms with E-state index < -0.39 is 29.5 Å². The van der Waals surface area contributed by atoms with E-state index >= 15 is 4.39 Å². The van der Waals surface area contributed by atoms with Gasteiger partial charge in [0.05, 0.1) is 17.3 Å². The van der Waals surface area contributed by atoms with E-state index in [-0.39, 0.29) is 23.4 Å². The number of alkyl halides is 2. The van der Waals surface area contributed by atoms with E-state index in [1.807, 2.05) is 6.20 Å². The van der Waals surface area contributed by atoms with E-state index in [2.05, 4.69) is 20.5 Å². The first-order valence-corrected chi connectivity index (χ1v) is 10.4. The van der Waals surface area contributed by atoms with Crippen molar-refractivity contribution < 1.29 is 22.7 Å². The molecule has 11 heteroatoms. The Balaban J connectivity index is 1.72. The van der Waals surface area contributed by atoms with E-state index in [9.17, 15) is 13.6 Å². The molecule has 0 fully saturated rings. The van der Waals surface area contributed by atoms with Gasteiger partial charge in [-0.15, -0.1) is 0 Å². The average molecular weight is 472 g/mol. The van der Waals surface area contributed by atoms with Crippen LogP contribution in [0.3, 0.4) is 0 Å². The fourth-order valence-electron chi connectivity index (χ4n) is 3.55. The number of hydrogen-bond acceptors (Lipinski definition) is 5. The second-order valence-corrected chi connectivity index (χ2v) is 8.73. The minimum Gasteiger partial charge on any atom is -0.444 e. The third kappa shape index (κ3) is 4.73. The number of rotatable bonds is 5. The van der Waals surface area contributed by atoms with Crippen LogP contribution in [0, 0.1) is 5.82 Å². The van der Waals surface area contributed by atoms with Gasteiger partial charge in [-0.25, -0.2) is 27.5 Å². The van der Waals surface area contributed by atoms with Gasteiger partial charge in [-0.05, 0) is 38.5 Å². The number of nitrogens with one attached hydrogen (secondary N) is 1. The maximum absolute atomic E-state index is 15.4. The molecule has 0 bridgehead atoms. The van der Waals surface area contributed by atoms with Gasteiger partial charge in [-0.2, -0.15) is 10.2 Å². The predicted octanol–water partition coefficient (Wildman–Crippen LogP) is 4.90. The lowest BCUT2D eigenvalue weighted by atomic mass is 10.00. The Labute approximate surface area is 193 Å². The third-order valence-electron chi connectivity index (χ3n) is 5.01. The topological polar surface area (TPSA) is 86.3 Å². The van der Waals surface area contributed by atoms with Crippen molar-refractivity contribution >= 4 is 11.6 Å². The summed E-state index contributed by atoms with van der Waals surface area (Å²) in [5.74, 6) is -1.11. The number of amides is 1. The molecule has 3 aromatic heterocycles. The zero-order valence-electron chi connectivity index (χ0n) is 19.0. The Bertz CT molecular complexity index is 1360. The molecule has 0 saturated heterocycles. The van der Waals surface area contributed by atoms with Crippen LogP contribution in [0.15, 0.2) is 43.1 Å². The normalized spacial score (nSPS) is 11.9. The number of fused-ring (bicyclic) bond motifs is 1. The summed E-state index contributed by atoms with van der Waals surface area (Å²) in [5, 5.41) is 10.7. The molecule has 3 heterocycles. The quantitative estimate of drug-likeness (QED) is 0.447. The molecule has 1 N–H and O–H groups in total. The van der Waals surface area contributed by atoms with Gasteiger partial charge < -0.3 is 10.1 Å². The number of alkyl carbamates (subject to hydrolysis) is 1. The summed E-state index contributed by atoms with van der Waals surface area (Å²) in [4.78, 5) is 16.1. The zero-order chi connectivity index (χ0) is 24.6. The highest BCUT2D eigenvalue weighted by Crippen LogP contribution is 2.35. The first-order valence-electron chi connectivity index (χ1n) is 10.4. The number of benzene rings is 1. The molecule has 0 aliphatic heterocycles. The number of hydrogen-bond donors (Lipinski definition) is 1. The molecule has 178 valence electrons. The van der Waals surface area contributed by atoms with Gasteiger partial charge in [-0.1, -0.05) is 6.07 Å². The standard InChI is InChI=1S/C23H23F3N6O2/c1-23(2,3)34-22(33)27-8-13-5-6-16(19(24)18(13)21(25)26)20-17-7-14(11-32(17)30-12-28-20)15-9-29-31(4)10-15/h5-7,9-12,21H,8H2,1-4H3,(H,27,33). The van der Waals surface area contributed by atoms with Crippen molar-refractivity contribution in [3.05, 3.63) is 60.1 Å². The Morgan fingerprint density at radius 2 is 1.94 bits per heavy atom. The van der Waals surface area contributed by atoms with E-state index in [0.29, 0.717) is 5.52 Å². The average Bonchev–Trinajstić information content (AvgIpc) is 3.36. The lowest BCUT2D eigenvalue weighted by molar-refractivity contribution is 0.0522. The molecule has 0 radical (unpaired) electrons. The number of carbonyl (C=O) groups is 1. The molecule has 34 heavy (non-hydrogen) atoms. The van der Waals surface area contributed by atoms with E-state index in [0.717, 1.165) is 11.1 Å². The lowest BCUT2D eigenvalue weighted by Crippen LogP contribution is -2.32. The second-order valence-electron chi connectivity index (χ2n) is 8.73. The van der Waals surface area contributed by atoms with Gasteiger partial charge in [0, 0.05) is 42.7 Å². The molecule has 4 rings (SSSR count). The molecule has 0 aliphatic rings.